The first-order valence-electron chi connectivity index (χ1n) is 3.07. The molecule has 1 unspecified atom stereocenters. The average Bonchev–Trinajstić information content (AvgIpc) is 1.94. The molecule has 60 valence electrons. The molecule has 0 spiro atoms. The van der Waals surface area contributed by atoms with Gasteiger partial charge in [0.1, 0.15) is 6.17 Å². The molecule has 0 aromatic heterocycles. The Morgan fingerprint density at radius 3 is 2.91 bits per heavy atom. The van der Waals surface area contributed by atoms with Gasteiger partial charge in [0, 0.05) is 12.5 Å². The van der Waals surface area contributed by atoms with Crippen LogP contribution in [0.15, 0.2) is 23.5 Å². The van der Waals surface area contributed by atoms with Crippen LogP contribution in [0.1, 0.15) is 6.42 Å². The molecule has 0 saturated heterocycles. The fourth-order valence-electron chi connectivity index (χ4n) is 0.808. The number of hydrogen-bond donors (Lipinski definition) is 1. The van der Waals surface area contributed by atoms with Gasteiger partial charge in [0.05, 0.1) is 10.6 Å². The Morgan fingerprint density at radius 1 is 1.82 bits per heavy atom. The Morgan fingerprint density at radius 2 is 2.45 bits per heavy atom. The van der Waals surface area contributed by atoms with Crippen LogP contribution < -0.4 is 5.73 Å². The molecule has 4 nitrogen and oxygen atoms in total. The summed E-state index contributed by atoms with van der Waals surface area (Å²) < 4.78 is 12.6. The summed E-state index contributed by atoms with van der Waals surface area (Å²) in [6.45, 7) is 0. The van der Waals surface area contributed by atoms with Crippen molar-refractivity contribution in [3.8, 4) is 0 Å². The summed E-state index contributed by atoms with van der Waals surface area (Å²) in [6.07, 6.45) is 1.01. The summed E-state index contributed by atoms with van der Waals surface area (Å²) in [5, 5.41) is 10.1. The molecule has 0 bridgehead atoms. The molecule has 0 amide bonds. The summed E-state index contributed by atoms with van der Waals surface area (Å²) in [5.74, 6) is 0. The Hall–Kier alpha value is -1.39. The van der Waals surface area contributed by atoms with Gasteiger partial charge in [0.15, 0.2) is 0 Å². The van der Waals surface area contributed by atoms with E-state index in [1.807, 2.05) is 0 Å². The molecular formula is C6H7FN2O2. The molecule has 0 aromatic rings. The van der Waals surface area contributed by atoms with E-state index >= 15 is 0 Å². The van der Waals surface area contributed by atoms with E-state index in [0.717, 1.165) is 6.08 Å². The maximum absolute atomic E-state index is 12.6. The molecule has 0 fully saturated rings. The van der Waals surface area contributed by atoms with Crippen LogP contribution >= 0.6 is 0 Å². The van der Waals surface area contributed by atoms with Crippen LogP contribution in [-0.4, -0.2) is 11.1 Å². The van der Waals surface area contributed by atoms with E-state index in [9.17, 15) is 14.5 Å². The van der Waals surface area contributed by atoms with Gasteiger partial charge in [-0.1, -0.05) is 0 Å². The van der Waals surface area contributed by atoms with Crippen molar-refractivity contribution in [1.82, 2.24) is 0 Å². The number of alkyl halides is 1. The first kappa shape index (κ1) is 7.71. The van der Waals surface area contributed by atoms with E-state index in [1.165, 1.54) is 6.08 Å². The van der Waals surface area contributed by atoms with Crippen LogP contribution in [0.4, 0.5) is 4.39 Å². The Bertz CT molecular complexity index is 247. The Labute approximate surface area is 62.3 Å². The fourth-order valence-corrected chi connectivity index (χ4v) is 0.808. The van der Waals surface area contributed by atoms with Crippen LogP contribution in [0, 0.1) is 10.1 Å². The second-order valence-corrected chi connectivity index (χ2v) is 2.23. The molecule has 1 atom stereocenters. The summed E-state index contributed by atoms with van der Waals surface area (Å²) in [5.41, 5.74) is 4.95. The number of nitrogens with two attached hydrogens (primary N) is 1. The standard InChI is InChI=1S/C6H7FN2O2/c7-5-2-1-4(9(10)11)3-6(5)8/h1,3,5H,2,8H2. The minimum absolute atomic E-state index is 0.00134. The lowest BCUT2D eigenvalue weighted by Gasteiger charge is -2.08. The minimum atomic E-state index is -1.27. The lowest BCUT2D eigenvalue weighted by Crippen LogP contribution is -2.17. The van der Waals surface area contributed by atoms with Gasteiger partial charge in [0.25, 0.3) is 5.70 Å². The lowest BCUT2D eigenvalue weighted by molar-refractivity contribution is -0.419. The third-order valence-electron chi connectivity index (χ3n) is 1.42. The summed E-state index contributed by atoms with van der Waals surface area (Å²) in [7, 11) is 0. The summed E-state index contributed by atoms with van der Waals surface area (Å²) >= 11 is 0. The summed E-state index contributed by atoms with van der Waals surface area (Å²) in [4.78, 5) is 9.54. The molecule has 0 radical (unpaired) electrons. The van der Waals surface area contributed by atoms with Crippen molar-refractivity contribution in [2.24, 2.45) is 5.73 Å². The van der Waals surface area contributed by atoms with E-state index in [1.54, 1.807) is 0 Å². The number of nitrogens with zero attached hydrogens (tertiary/aromatic N) is 1. The van der Waals surface area contributed by atoms with Gasteiger partial charge >= 0.3 is 0 Å². The topological polar surface area (TPSA) is 69.2 Å². The molecule has 0 aromatic carbocycles. The normalized spacial score (nSPS) is 23.9. The predicted molar refractivity (Wildman–Crippen MR) is 36.9 cm³/mol. The zero-order chi connectivity index (χ0) is 8.43. The van der Waals surface area contributed by atoms with Crippen molar-refractivity contribution in [3.05, 3.63) is 33.7 Å². The maximum Gasteiger partial charge on any atom is 0.267 e. The molecule has 0 aliphatic heterocycles. The average molecular weight is 158 g/mol. The second-order valence-electron chi connectivity index (χ2n) is 2.23. The number of rotatable bonds is 1. The first-order chi connectivity index (χ1) is 5.11. The molecule has 1 aliphatic rings. The smallest absolute Gasteiger partial charge is 0.267 e. The Kier molecular flexibility index (Phi) is 1.89. The van der Waals surface area contributed by atoms with Gasteiger partial charge in [-0.2, -0.15) is 0 Å². The molecule has 2 N–H and O–H groups in total. The van der Waals surface area contributed by atoms with Crippen LogP contribution in [-0.2, 0) is 0 Å². The number of nitro groups is 1. The minimum Gasteiger partial charge on any atom is -0.399 e. The maximum atomic E-state index is 12.6. The van der Waals surface area contributed by atoms with E-state index < -0.39 is 11.1 Å². The van der Waals surface area contributed by atoms with E-state index in [-0.39, 0.29) is 17.8 Å². The van der Waals surface area contributed by atoms with Crippen molar-refractivity contribution >= 4 is 0 Å². The highest BCUT2D eigenvalue weighted by atomic mass is 19.1. The SMILES string of the molecule is NC1=CC([N+](=O)[O-])=CCC1F. The zero-order valence-corrected chi connectivity index (χ0v) is 5.66. The summed E-state index contributed by atoms with van der Waals surface area (Å²) in [6, 6.07) is 0. The van der Waals surface area contributed by atoms with E-state index in [2.05, 4.69) is 0 Å². The van der Waals surface area contributed by atoms with Gasteiger partial charge in [0.2, 0.25) is 0 Å². The monoisotopic (exact) mass is 158 g/mol. The number of allylic oxidation sites excluding steroid dienone is 3. The molecule has 0 heterocycles. The molecule has 5 heteroatoms. The van der Waals surface area contributed by atoms with Crippen molar-refractivity contribution in [1.29, 1.82) is 0 Å². The fraction of sp³-hybridized carbons (Fsp3) is 0.333. The van der Waals surface area contributed by atoms with Crippen LogP contribution in [0.2, 0.25) is 0 Å². The lowest BCUT2D eigenvalue weighted by atomic mass is 10.1. The predicted octanol–water partition coefficient (Wildman–Crippen LogP) is 0.731. The van der Waals surface area contributed by atoms with Gasteiger partial charge in [-0.15, -0.1) is 0 Å². The Balaban J connectivity index is 2.83. The highest BCUT2D eigenvalue weighted by Gasteiger charge is 2.19. The van der Waals surface area contributed by atoms with E-state index in [0.29, 0.717) is 0 Å². The van der Waals surface area contributed by atoms with Crippen molar-refractivity contribution in [3.63, 3.8) is 0 Å². The molecule has 1 rings (SSSR count). The van der Waals surface area contributed by atoms with Gasteiger partial charge in [-0.05, 0) is 6.08 Å². The third-order valence-corrected chi connectivity index (χ3v) is 1.42. The van der Waals surface area contributed by atoms with Crippen molar-refractivity contribution < 1.29 is 9.31 Å². The first-order valence-corrected chi connectivity index (χ1v) is 3.07. The largest absolute Gasteiger partial charge is 0.399 e. The highest BCUT2D eigenvalue weighted by Crippen LogP contribution is 2.16. The van der Waals surface area contributed by atoms with Crippen molar-refractivity contribution in [2.45, 2.75) is 12.6 Å². The van der Waals surface area contributed by atoms with Crippen LogP contribution in [0.5, 0.6) is 0 Å². The number of halogens is 1. The number of hydrogen-bond acceptors (Lipinski definition) is 3. The van der Waals surface area contributed by atoms with Crippen LogP contribution in [0.25, 0.3) is 0 Å². The molecular weight excluding hydrogens is 151 g/mol. The zero-order valence-electron chi connectivity index (χ0n) is 5.66. The second kappa shape index (κ2) is 2.69. The van der Waals surface area contributed by atoms with Gasteiger partial charge in [-0.3, -0.25) is 10.1 Å². The quantitative estimate of drug-likeness (QED) is 0.451. The van der Waals surface area contributed by atoms with E-state index in [4.69, 9.17) is 5.73 Å². The van der Waals surface area contributed by atoms with Crippen LogP contribution in [0.3, 0.4) is 0 Å². The van der Waals surface area contributed by atoms with Gasteiger partial charge in [-0.25, -0.2) is 4.39 Å². The molecule has 1 aliphatic carbocycles. The third kappa shape index (κ3) is 1.54. The highest BCUT2D eigenvalue weighted by molar-refractivity contribution is 5.24. The van der Waals surface area contributed by atoms with Gasteiger partial charge < -0.3 is 5.73 Å². The molecule has 11 heavy (non-hydrogen) atoms. The van der Waals surface area contributed by atoms with Crippen molar-refractivity contribution in [2.75, 3.05) is 0 Å². The molecule has 0 saturated carbocycles.